The summed E-state index contributed by atoms with van der Waals surface area (Å²) in [6, 6.07) is -0.0370. The third-order valence-electron chi connectivity index (χ3n) is 4.27. The minimum Gasteiger partial charge on any atom is -0.385 e. The maximum atomic E-state index is 12.8. The van der Waals surface area contributed by atoms with Crippen molar-refractivity contribution in [3.63, 3.8) is 0 Å². The van der Waals surface area contributed by atoms with Crippen LogP contribution in [0.15, 0.2) is 0 Å². The second-order valence-electron chi connectivity index (χ2n) is 5.59. The molecular weight excluding hydrogens is 256 g/mol. The van der Waals surface area contributed by atoms with E-state index >= 15 is 0 Å². The number of hydrogen-bond acceptors (Lipinski definition) is 3. The van der Waals surface area contributed by atoms with Gasteiger partial charge in [-0.05, 0) is 32.6 Å². The molecular formula is C15H28N2O3. The third kappa shape index (κ3) is 3.72. The summed E-state index contributed by atoms with van der Waals surface area (Å²) in [6.45, 7) is 7.27. The maximum Gasteiger partial charge on any atom is 0.248 e. The van der Waals surface area contributed by atoms with Crippen molar-refractivity contribution in [3.05, 3.63) is 0 Å². The standard InChI is InChI=1S/C15H28N2O3/c1-5-15(6-2)14(19)17(9-7-8-10-20-4)12(3)11-13(18)16-15/h12H,5-11H2,1-4H3,(H,16,18). The van der Waals surface area contributed by atoms with Crippen molar-refractivity contribution in [2.75, 3.05) is 20.3 Å². The molecule has 2 amide bonds. The van der Waals surface area contributed by atoms with Gasteiger partial charge in [0.1, 0.15) is 5.54 Å². The number of hydrogen-bond donors (Lipinski definition) is 1. The second-order valence-corrected chi connectivity index (χ2v) is 5.59. The topological polar surface area (TPSA) is 58.6 Å². The summed E-state index contributed by atoms with van der Waals surface area (Å²) < 4.78 is 5.04. The Morgan fingerprint density at radius 2 is 1.95 bits per heavy atom. The van der Waals surface area contributed by atoms with Crippen molar-refractivity contribution in [1.82, 2.24) is 10.2 Å². The highest BCUT2D eigenvalue weighted by Crippen LogP contribution is 2.24. The third-order valence-corrected chi connectivity index (χ3v) is 4.27. The summed E-state index contributed by atoms with van der Waals surface area (Å²) >= 11 is 0. The van der Waals surface area contributed by atoms with E-state index in [1.54, 1.807) is 7.11 Å². The zero-order chi connectivity index (χ0) is 15.2. The molecule has 116 valence electrons. The molecule has 0 aromatic heterocycles. The van der Waals surface area contributed by atoms with Crippen LogP contribution in [0.1, 0.15) is 52.9 Å². The predicted molar refractivity (Wildman–Crippen MR) is 78.4 cm³/mol. The molecule has 1 aliphatic rings. The second kappa shape index (κ2) is 7.62. The fraction of sp³-hybridized carbons (Fsp3) is 0.867. The van der Waals surface area contributed by atoms with Crippen molar-refractivity contribution < 1.29 is 14.3 Å². The SMILES string of the molecule is CCC1(CC)NC(=O)CC(C)N(CCCCOC)C1=O. The summed E-state index contributed by atoms with van der Waals surface area (Å²) in [6.07, 6.45) is 3.49. The first-order valence-electron chi connectivity index (χ1n) is 7.61. The predicted octanol–water partition coefficient (Wildman–Crippen LogP) is 1.71. The van der Waals surface area contributed by atoms with Gasteiger partial charge in [-0.2, -0.15) is 0 Å². The minimum absolute atomic E-state index is 0.0195. The summed E-state index contributed by atoms with van der Waals surface area (Å²) in [7, 11) is 1.68. The van der Waals surface area contributed by atoms with Crippen LogP contribution < -0.4 is 5.32 Å². The Morgan fingerprint density at radius 1 is 1.30 bits per heavy atom. The van der Waals surface area contributed by atoms with Crippen molar-refractivity contribution in [2.45, 2.75) is 64.5 Å². The van der Waals surface area contributed by atoms with Gasteiger partial charge in [-0.15, -0.1) is 0 Å². The van der Waals surface area contributed by atoms with Crippen LogP contribution in [-0.2, 0) is 14.3 Å². The van der Waals surface area contributed by atoms with Crippen LogP contribution >= 0.6 is 0 Å². The number of carbonyl (C=O) groups excluding carboxylic acids is 2. The highest BCUT2D eigenvalue weighted by Gasteiger charge is 2.43. The van der Waals surface area contributed by atoms with Crippen LogP contribution in [0.25, 0.3) is 0 Å². The van der Waals surface area contributed by atoms with Crippen LogP contribution in [0.4, 0.5) is 0 Å². The first-order chi connectivity index (χ1) is 9.50. The van der Waals surface area contributed by atoms with E-state index in [-0.39, 0.29) is 17.9 Å². The van der Waals surface area contributed by atoms with Gasteiger partial charge in [0.25, 0.3) is 0 Å². The zero-order valence-electron chi connectivity index (χ0n) is 13.2. The molecule has 0 radical (unpaired) electrons. The van der Waals surface area contributed by atoms with Gasteiger partial charge in [-0.25, -0.2) is 0 Å². The van der Waals surface area contributed by atoms with Gasteiger partial charge in [0.2, 0.25) is 11.8 Å². The number of amides is 2. The highest BCUT2D eigenvalue weighted by atomic mass is 16.5. The number of rotatable bonds is 7. The molecule has 1 heterocycles. The summed E-state index contributed by atoms with van der Waals surface area (Å²) in [5, 5.41) is 2.95. The Balaban J connectivity index is 2.83. The van der Waals surface area contributed by atoms with Gasteiger partial charge in [-0.3, -0.25) is 9.59 Å². The largest absolute Gasteiger partial charge is 0.385 e. The molecule has 5 nitrogen and oxygen atoms in total. The van der Waals surface area contributed by atoms with Crippen LogP contribution in [0.3, 0.4) is 0 Å². The molecule has 0 saturated carbocycles. The average Bonchev–Trinajstić information content (AvgIpc) is 2.52. The number of nitrogens with one attached hydrogen (secondary N) is 1. The lowest BCUT2D eigenvalue weighted by molar-refractivity contribution is -0.140. The molecule has 1 N–H and O–H groups in total. The normalized spacial score (nSPS) is 22.6. The molecule has 0 aromatic rings. The highest BCUT2D eigenvalue weighted by molar-refractivity contribution is 5.93. The van der Waals surface area contributed by atoms with Crippen molar-refractivity contribution in [1.29, 1.82) is 0 Å². The van der Waals surface area contributed by atoms with Crippen molar-refractivity contribution in [3.8, 4) is 0 Å². The number of ether oxygens (including phenoxy) is 1. The summed E-state index contributed by atoms with van der Waals surface area (Å²) in [5.41, 5.74) is -0.719. The van der Waals surface area contributed by atoms with Crippen LogP contribution in [0.2, 0.25) is 0 Å². The average molecular weight is 284 g/mol. The Morgan fingerprint density at radius 3 is 2.50 bits per heavy atom. The molecule has 1 rings (SSSR count). The van der Waals surface area contributed by atoms with E-state index in [1.165, 1.54) is 0 Å². The lowest BCUT2D eigenvalue weighted by atomic mass is 9.91. The molecule has 1 fully saturated rings. The van der Waals surface area contributed by atoms with E-state index in [0.717, 1.165) is 12.8 Å². The Bertz CT molecular complexity index is 340. The van der Waals surface area contributed by atoms with Gasteiger partial charge in [0.05, 0.1) is 0 Å². The van der Waals surface area contributed by atoms with Gasteiger partial charge in [0.15, 0.2) is 0 Å². The number of methoxy groups -OCH3 is 1. The van der Waals surface area contributed by atoms with Crippen LogP contribution in [0, 0.1) is 0 Å². The Kier molecular flexibility index (Phi) is 6.46. The van der Waals surface area contributed by atoms with E-state index < -0.39 is 5.54 Å². The molecule has 20 heavy (non-hydrogen) atoms. The molecule has 5 heteroatoms. The molecule has 1 aliphatic heterocycles. The van der Waals surface area contributed by atoms with Crippen molar-refractivity contribution >= 4 is 11.8 Å². The van der Waals surface area contributed by atoms with Gasteiger partial charge in [-0.1, -0.05) is 13.8 Å². The van der Waals surface area contributed by atoms with E-state index in [1.807, 2.05) is 25.7 Å². The monoisotopic (exact) mass is 284 g/mol. The number of carbonyl (C=O) groups is 2. The zero-order valence-corrected chi connectivity index (χ0v) is 13.2. The fourth-order valence-electron chi connectivity index (χ4n) is 2.80. The Labute approximate surface area is 122 Å². The lowest BCUT2D eigenvalue weighted by Gasteiger charge is -2.35. The first-order valence-corrected chi connectivity index (χ1v) is 7.61. The molecule has 0 aromatic carbocycles. The van der Waals surface area contributed by atoms with E-state index in [0.29, 0.717) is 32.4 Å². The van der Waals surface area contributed by atoms with E-state index in [2.05, 4.69) is 5.32 Å². The molecule has 1 saturated heterocycles. The smallest absolute Gasteiger partial charge is 0.248 e. The van der Waals surface area contributed by atoms with Crippen molar-refractivity contribution in [2.24, 2.45) is 0 Å². The van der Waals surface area contributed by atoms with E-state index in [4.69, 9.17) is 4.74 Å². The first kappa shape index (κ1) is 17.0. The molecule has 1 unspecified atom stereocenters. The van der Waals surface area contributed by atoms with Gasteiger partial charge < -0.3 is 15.0 Å². The molecule has 1 atom stereocenters. The maximum absolute atomic E-state index is 12.8. The Hall–Kier alpha value is -1.10. The lowest BCUT2D eigenvalue weighted by Crippen LogP contribution is -2.57. The van der Waals surface area contributed by atoms with Crippen LogP contribution in [-0.4, -0.2) is 48.6 Å². The molecule has 0 spiro atoms. The fourth-order valence-corrected chi connectivity index (χ4v) is 2.80. The number of unbranched alkanes of at least 4 members (excludes halogenated alkanes) is 1. The number of nitrogens with zero attached hydrogens (tertiary/aromatic N) is 1. The van der Waals surface area contributed by atoms with Crippen LogP contribution in [0.5, 0.6) is 0 Å². The quantitative estimate of drug-likeness (QED) is 0.724. The van der Waals surface area contributed by atoms with E-state index in [9.17, 15) is 9.59 Å². The minimum atomic E-state index is -0.719. The molecule has 0 aliphatic carbocycles. The van der Waals surface area contributed by atoms with Gasteiger partial charge in [0, 0.05) is 32.7 Å². The summed E-state index contributed by atoms with van der Waals surface area (Å²) in [4.78, 5) is 26.7. The molecule has 0 bridgehead atoms. The van der Waals surface area contributed by atoms with Gasteiger partial charge >= 0.3 is 0 Å². The summed E-state index contributed by atoms with van der Waals surface area (Å²) in [5.74, 6) is 0.0483.